The molecule has 1 aromatic carbocycles. The number of allylic oxidation sites excluding steroid dienone is 4. The molecule has 0 saturated heterocycles. The summed E-state index contributed by atoms with van der Waals surface area (Å²) in [5.41, 5.74) is 1.78. The number of rotatable bonds is 6. The van der Waals surface area contributed by atoms with Gasteiger partial charge in [0.2, 0.25) is 0 Å². The van der Waals surface area contributed by atoms with Crippen molar-refractivity contribution in [3.63, 3.8) is 0 Å². The Balaban J connectivity index is 3.19. The zero-order valence-electron chi connectivity index (χ0n) is 11.0. The molecule has 0 amide bonds. The molecular weight excluding hydrogens is 297 g/mol. The second-order valence-corrected chi connectivity index (χ2v) is 4.73. The summed E-state index contributed by atoms with van der Waals surface area (Å²) in [6.45, 7) is 5.38. The zero-order valence-corrected chi connectivity index (χ0v) is 12.5. The van der Waals surface area contributed by atoms with E-state index < -0.39 is 5.97 Å². The lowest BCUT2D eigenvalue weighted by Crippen LogP contribution is -2.07. The van der Waals surface area contributed by atoms with Gasteiger partial charge >= 0.3 is 5.97 Å². The molecule has 0 aliphatic heterocycles. The maximum absolute atomic E-state index is 10.9. The Morgan fingerprint density at radius 2 is 2.05 bits per heavy atom. The Labute approximate surface area is 128 Å². The molecule has 2 N–H and O–H groups in total. The van der Waals surface area contributed by atoms with Crippen LogP contribution in [0.15, 0.2) is 58.8 Å². The van der Waals surface area contributed by atoms with Crippen molar-refractivity contribution in [2.45, 2.75) is 13.3 Å². The summed E-state index contributed by atoms with van der Waals surface area (Å²) < 4.78 is 0. The van der Waals surface area contributed by atoms with Crippen LogP contribution in [0.4, 0.5) is 5.69 Å². The quantitative estimate of drug-likeness (QED) is 0.760. The summed E-state index contributed by atoms with van der Waals surface area (Å²) in [5, 5.41) is 12.8. The summed E-state index contributed by atoms with van der Waals surface area (Å²) in [7, 11) is 0. The van der Waals surface area contributed by atoms with Gasteiger partial charge in [-0.25, -0.2) is 0 Å². The highest BCUT2D eigenvalue weighted by Crippen LogP contribution is 2.26. The van der Waals surface area contributed by atoms with Crippen molar-refractivity contribution in [2.24, 2.45) is 0 Å². The topological polar surface area (TPSA) is 49.3 Å². The minimum atomic E-state index is -0.906. The van der Waals surface area contributed by atoms with E-state index in [9.17, 15) is 4.79 Å². The first-order valence-corrected chi connectivity index (χ1v) is 6.66. The fraction of sp³-hybridized carbons (Fsp3) is 0.133. The Morgan fingerprint density at radius 1 is 1.40 bits per heavy atom. The summed E-state index contributed by atoms with van der Waals surface area (Å²) >= 11 is 12.2. The molecule has 0 radical (unpaired) electrons. The Hall–Kier alpha value is -1.71. The number of anilines is 1. The fourth-order valence-corrected chi connectivity index (χ4v) is 1.92. The molecule has 0 aromatic heterocycles. The molecule has 0 fully saturated rings. The minimum Gasteiger partial charge on any atom is -0.481 e. The Morgan fingerprint density at radius 3 is 2.60 bits per heavy atom. The van der Waals surface area contributed by atoms with Gasteiger partial charge in [0.1, 0.15) is 0 Å². The van der Waals surface area contributed by atoms with Crippen LogP contribution in [0.2, 0.25) is 0 Å². The lowest BCUT2D eigenvalue weighted by atomic mass is 10.1. The summed E-state index contributed by atoms with van der Waals surface area (Å²) in [6.07, 6.45) is 3.07. The van der Waals surface area contributed by atoms with Crippen molar-refractivity contribution >= 4 is 34.9 Å². The third kappa shape index (κ3) is 4.44. The van der Waals surface area contributed by atoms with E-state index in [2.05, 4.69) is 11.9 Å². The van der Waals surface area contributed by atoms with Crippen molar-refractivity contribution in [3.8, 4) is 0 Å². The van der Waals surface area contributed by atoms with Crippen molar-refractivity contribution in [3.05, 3.63) is 64.3 Å². The molecule has 20 heavy (non-hydrogen) atoms. The number of para-hydroxylation sites is 1. The first-order valence-electron chi connectivity index (χ1n) is 5.90. The molecule has 5 heteroatoms. The molecule has 0 bridgehead atoms. The Bertz CT molecular complexity index is 577. The van der Waals surface area contributed by atoms with Crippen LogP contribution in [-0.2, 0) is 11.2 Å². The number of nitrogens with one attached hydrogen (secondary N) is 1. The number of carboxylic acid groups (broad SMARTS) is 1. The molecule has 1 rings (SSSR count). The molecule has 0 saturated carbocycles. The van der Waals surface area contributed by atoms with Crippen LogP contribution in [0.3, 0.4) is 0 Å². The number of carbonyl (C=O) groups is 1. The van der Waals surface area contributed by atoms with Gasteiger partial charge in [-0.05, 0) is 24.6 Å². The van der Waals surface area contributed by atoms with Gasteiger partial charge in [-0.3, -0.25) is 4.79 Å². The van der Waals surface area contributed by atoms with Crippen molar-refractivity contribution < 1.29 is 9.90 Å². The molecule has 0 unspecified atom stereocenters. The monoisotopic (exact) mass is 311 g/mol. The second kappa shape index (κ2) is 7.78. The first-order chi connectivity index (χ1) is 9.49. The smallest absolute Gasteiger partial charge is 0.307 e. The van der Waals surface area contributed by atoms with Crippen LogP contribution in [-0.4, -0.2) is 11.1 Å². The summed E-state index contributed by atoms with van der Waals surface area (Å²) in [4.78, 5) is 10.9. The van der Waals surface area contributed by atoms with Crippen LogP contribution in [0.25, 0.3) is 0 Å². The van der Waals surface area contributed by atoms with E-state index in [0.29, 0.717) is 27.0 Å². The summed E-state index contributed by atoms with van der Waals surface area (Å²) in [5.74, 6) is -0.906. The van der Waals surface area contributed by atoms with Gasteiger partial charge in [-0.2, -0.15) is 0 Å². The van der Waals surface area contributed by atoms with Crippen LogP contribution in [0.1, 0.15) is 12.5 Å². The van der Waals surface area contributed by atoms with Gasteiger partial charge < -0.3 is 10.4 Å². The van der Waals surface area contributed by atoms with Crippen LogP contribution < -0.4 is 5.32 Å². The third-order valence-electron chi connectivity index (χ3n) is 2.53. The standard InChI is InChI=1S/C15H15Cl2NO2/c1-3-11(16)15(12(17)4-2)18-13-8-6-5-7-10(13)9-14(19)20/h3-8,18H,1,9H2,2H3,(H,19,20)/b12-4+,15-11-. The average Bonchev–Trinajstić information content (AvgIpc) is 2.44. The molecule has 1 aromatic rings. The number of hydrogen-bond donors (Lipinski definition) is 2. The molecule has 3 nitrogen and oxygen atoms in total. The van der Waals surface area contributed by atoms with E-state index in [4.69, 9.17) is 28.3 Å². The van der Waals surface area contributed by atoms with E-state index in [1.165, 1.54) is 6.08 Å². The van der Waals surface area contributed by atoms with E-state index in [0.717, 1.165) is 0 Å². The van der Waals surface area contributed by atoms with Gasteiger partial charge in [0.25, 0.3) is 0 Å². The van der Waals surface area contributed by atoms with Gasteiger partial charge in [-0.15, -0.1) is 0 Å². The third-order valence-corrected chi connectivity index (χ3v) is 3.28. The molecule has 0 atom stereocenters. The molecule has 0 aliphatic rings. The molecule has 106 valence electrons. The maximum Gasteiger partial charge on any atom is 0.307 e. The SMILES string of the molecule is C=C/C(Cl)=C(Nc1ccccc1CC(=O)O)\C(Cl)=C/C. The van der Waals surface area contributed by atoms with E-state index in [-0.39, 0.29) is 6.42 Å². The molecular formula is C15H15Cl2NO2. The predicted octanol–water partition coefficient (Wildman–Crippen LogP) is 4.50. The van der Waals surface area contributed by atoms with Crippen LogP contribution >= 0.6 is 23.2 Å². The predicted molar refractivity (Wildman–Crippen MR) is 84.1 cm³/mol. The number of aliphatic carboxylic acids is 1. The normalized spacial score (nSPS) is 12.7. The largest absolute Gasteiger partial charge is 0.481 e. The highest BCUT2D eigenvalue weighted by Gasteiger charge is 2.11. The lowest BCUT2D eigenvalue weighted by molar-refractivity contribution is -0.136. The van der Waals surface area contributed by atoms with Crippen LogP contribution in [0.5, 0.6) is 0 Å². The second-order valence-electron chi connectivity index (χ2n) is 3.92. The van der Waals surface area contributed by atoms with Gasteiger partial charge in [-0.1, -0.05) is 54.1 Å². The van der Waals surface area contributed by atoms with Gasteiger partial charge in [0.05, 0.1) is 22.2 Å². The highest BCUT2D eigenvalue weighted by atomic mass is 35.5. The number of halogens is 2. The number of hydrogen-bond acceptors (Lipinski definition) is 2. The van der Waals surface area contributed by atoms with E-state index in [1.807, 2.05) is 0 Å². The van der Waals surface area contributed by atoms with Crippen molar-refractivity contribution in [1.82, 2.24) is 0 Å². The zero-order chi connectivity index (χ0) is 15.1. The van der Waals surface area contributed by atoms with Crippen molar-refractivity contribution in [2.75, 3.05) is 5.32 Å². The maximum atomic E-state index is 10.9. The minimum absolute atomic E-state index is 0.0877. The first kappa shape index (κ1) is 16.3. The van der Waals surface area contributed by atoms with Crippen LogP contribution in [0, 0.1) is 0 Å². The fourth-order valence-electron chi connectivity index (χ4n) is 1.57. The van der Waals surface area contributed by atoms with Gasteiger partial charge in [0, 0.05) is 5.69 Å². The highest BCUT2D eigenvalue weighted by molar-refractivity contribution is 6.36. The Kier molecular flexibility index (Phi) is 6.36. The summed E-state index contributed by atoms with van der Waals surface area (Å²) in [6, 6.07) is 7.08. The average molecular weight is 312 g/mol. The van der Waals surface area contributed by atoms with E-state index in [1.54, 1.807) is 37.3 Å². The molecule has 0 spiro atoms. The molecule has 0 heterocycles. The van der Waals surface area contributed by atoms with E-state index >= 15 is 0 Å². The number of carboxylic acids is 1. The van der Waals surface area contributed by atoms with Crippen molar-refractivity contribution in [1.29, 1.82) is 0 Å². The number of benzene rings is 1. The lowest BCUT2D eigenvalue weighted by Gasteiger charge is -2.14. The van der Waals surface area contributed by atoms with Gasteiger partial charge in [0.15, 0.2) is 0 Å². The molecule has 0 aliphatic carbocycles.